The molecule has 5 unspecified atom stereocenters. The standard InChI is InChI=1S/C59H47NS/c1-3-11-39(12-4-1)41-23-28-47(29-24-41)60(48-30-25-42(26-31-48)40-13-5-2-6-14-40)55-19-10-20-56-57(55)51-17-9-16-49(58(51)61-56)43-27-32-54-52(36-43)50-15-7-8-18-53(50)59(54)37-44-22-21-38-33-45(44)35-46(59)34-38/h1-20,23-32,36,38,44-46H,21-22,33-35,37H2. The monoisotopic (exact) mass is 801 g/mol. The van der Waals surface area contributed by atoms with E-state index in [1.54, 1.807) is 11.1 Å². The van der Waals surface area contributed by atoms with Gasteiger partial charge in [-0.05, 0) is 154 Å². The fourth-order valence-corrected chi connectivity index (χ4v) is 14.1. The maximum atomic E-state index is 2.57. The third kappa shape index (κ3) is 5.51. The summed E-state index contributed by atoms with van der Waals surface area (Å²) in [4.78, 5) is 2.46. The smallest absolute Gasteiger partial charge is 0.0554 e. The summed E-state index contributed by atoms with van der Waals surface area (Å²) in [6.45, 7) is 0. The maximum absolute atomic E-state index is 2.57. The van der Waals surface area contributed by atoms with Gasteiger partial charge in [0.25, 0.3) is 0 Å². The molecule has 3 bridgehead atoms. The summed E-state index contributed by atoms with van der Waals surface area (Å²) in [5, 5.41) is 2.62. The van der Waals surface area contributed by atoms with E-state index in [0.717, 1.165) is 35.0 Å². The van der Waals surface area contributed by atoms with Crippen LogP contribution in [-0.4, -0.2) is 0 Å². The zero-order valence-electron chi connectivity index (χ0n) is 34.3. The number of fused-ring (bicyclic) bond motifs is 11. The molecule has 1 heterocycles. The fraction of sp³-hybridized carbons (Fsp3) is 0.186. The predicted octanol–water partition coefficient (Wildman–Crippen LogP) is 16.6. The van der Waals surface area contributed by atoms with Crippen molar-refractivity contribution in [3.63, 3.8) is 0 Å². The highest BCUT2D eigenvalue weighted by atomic mass is 32.1. The van der Waals surface area contributed by atoms with Crippen molar-refractivity contribution in [2.24, 2.45) is 23.7 Å². The number of thiophene rings is 1. The molecular formula is C59H47NS. The first kappa shape index (κ1) is 35.5. The van der Waals surface area contributed by atoms with Gasteiger partial charge >= 0.3 is 0 Å². The Labute approximate surface area is 363 Å². The Bertz CT molecular complexity index is 3020. The first-order chi connectivity index (χ1) is 30.2. The third-order valence-electron chi connectivity index (χ3n) is 15.5. The lowest BCUT2D eigenvalue weighted by atomic mass is 9.47. The molecule has 4 aliphatic carbocycles. The minimum Gasteiger partial charge on any atom is -0.310 e. The summed E-state index contributed by atoms with van der Waals surface area (Å²) >= 11 is 1.94. The van der Waals surface area contributed by atoms with Crippen LogP contribution in [0.1, 0.15) is 49.7 Å². The van der Waals surface area contributed by atoms with E-state index in [1.807, 2.05) is 11.3 Å². The molecule has 1 nitrogen and oxygen atoms in total. The van der Waals surface area contributed by atoms with Crippen LogP contribution in [-0.2, 0) is 5.41 Å². The Kier molecular flexibility index (Phi) is 8.10. The van der Waals surface area contributed by atoms with Crippen molar-refractivity contribution in [1.82, 2.24) is 0 Å². The summed E-state index contributed by atoms with van der Waals surface area (Å²) in [5.41, 5.74) is 17.4. The van der Waals surface area contributed by atoms with E-state index in [-0.39, 0.29) is 5.41 Å². The summed E-state index contributed by atoms with van der Waals surface area (Å²) < 4.78 is 2.66. The molecule has 5 atom stereocenters. The highest BCUT2D eigenvalue weighted by Gasteiger charge is 2.57. The quantitative estimate of drug-likeness (QED) is 0.162. The van der Waals surface area contributed by atoms with E-state index in [1.165, 1.54) is 109 Å². The molecule has 2 heteroatoms. The molecule has 0 amide bonds. The summed E-state index contributed by atoms with van der Waals surface area (Å²) in [5.74, 6) is 3.52. The summed E-state index contributed by atoms with van der Waals surface area (Å²) in [6.07, 6.45) is 8.56. The van der Waals surface area contributed by atoms with Crippen molar-refractivity contribution in [3.8, 4) is 44.5 Å². The molecule has 13 rings (SSSR count). The van der Waals surface area contributed by atoms with E-state index in [9.17, 15) is 0 Å². The first-order valence-corrected chi connectivity index (χ1v) is 23.3. The maximum Gasteiger partial charge on any atom is 0.0554 e. The minimum atomic E-state index is 0.172. The average Bonchev–Trinajstić information content (AvgIpc) is 3.85. The molecular weight excluding hydrogens is 755 g/mol. The second-order valence-corrected chi connectivity index (χ2v) is 19.5. The lowest BCUT2D eigenvalue weighted by molar-refractivity contribution is -0.0103. The molecule has 294 valence electrons. The molecule has 3 fully saturated rings. The number of anilines is 3. The Morgan fingerprint density at radius 3 is 1.82 bits per heavy atom. The number of rotatable bonds is 6. The van der Waals surface area contributed by atoms with Gasteiger partial charge in [0, 0.05) is 37.0 Å². The molecule has 8 aromatic carbocycles. The Morgan fingerprint density at radius 1 is 0.459 bits per heavy atom. The molecule has 3 saturated carbocycles. The van der Waals surface area contributed by atoms with Crippen molar-refractivity contribution in [3.05, 3.63) is 199 Å². The van der Waals surface area contributed by atoms with E-state index in [4.69, 9.17) is 0 Å². The molecule has 0 aliphatic heterocycles. The molecule has 1 spiro atoms. The van der Waals surface area contributed by atoms with Gasteiger partial charge in [-0.2, -0.15) is 0 Å². The van der Waals surface area contributed by atoms with Gasteiger partial charge in [-0.1, -0.05) is 152 Å². The Balaban J connectivity index is 0.950. The molecule has 0 N–H and O–H groups in total. The second-order valence-electron chi connectivity index (χ2n) is 18.4. The van der Waals surface area contributed by atoms with E-state index in [2.05, 4.69) is 193 Å². The summed E-state index contributed by atoms with van der Waals surface area (Å²) in [7, 11) is 0. The van der Waals surface area contributed by atoms with Crippen molar-refractivity contribution < 1.29 is 0 Å². The number of hydrogen-bond donors (Lipinski definition) is 0. The summed E-state index contributed by atoms with van der Waals surface area (Å²) in [6, 6.07) is 70.6. The van der Waals surface area contributed by atoms with Gasteiger partial charge in [-0.3, -0.25) is 0 Å². The fourth-order valence-electron chi connectivity index (χ4n) is 12.8. The molecule has 0 radical (unpaired) electrons. The third-order valence-corrected chi connectivity index (χ3v) is 16.7. The van der Waals surface area contributed by atoms with Gasteiger partial charge in [0.2, 0.25) is 0 Å². The van der Waals surface area contributed by atoms with Gasteiger partial charge < -0.3 is 4.90 Å². The van der Waals surface area contributed by atoms with Crippen molar-refractivity contribution in [2.75, 3.05) is 4.90 Å². The Morgan fingerprint density at radius 2 is 1.08 bits per heavy atom. The van der Waals surface area contributed by atoms with Crippen LogP contribution in [0.25, 0.3) is 64.7 Å². The van der Waals surface area contributed by atoms with Crippen LogP contribution >= 0.6 is 11.3 Å². The lowest BCUT2D eigenvalue weighted by Gasteiger charge is -2.57. The normalized spacial score (nSPS) is 22.1. The van der Waals surface area contributed by atoms with Crippen LogP contribution < -0.4 is 4.90 Å². The largest absolute Gasteiger partial charge is 0.310 e. The van der Waals surface area contributed by atoms with Gasteiger partial charge in [-0.25, -0.2) is 0 Å². The van der Waals surface area contributed by atoms with Gasteiger partial charge in [0.1, 0.15) is 0 Å². The molecule has 0 saturated heterocycles. The van der Waals surface area contributed by atoms with Gasteiger partial charge in [0.05, 0.1) is 5.69 Å². The van der Waals surface area contributed by atoms with Gasteiger partial charge in [-0.15, -0.1) is 11.3 Å². The Hall–Kier alpha value is -6.22. The molecule has 9 aromatic rings. The zero-order valence-corrected chi connectivity index (χ0v) is 35.1. The highest BCUT2D eigenvalue weighted by Crippen LogP contribution is 2.66. The van der Waals surface area contributed by atoms with Crippen molar-refractivity contribution >= 4 is 48.6 Å². The van der Waals surface area contributed by atoms with Crippen molar-refractivity contribution in [2.45, 2.75) is 43.9 Å². The van der Waals surface area contributed by atoms with Gasteiger partial charge in [0.15, 0.2) is 0 Å². The van der Waals surface area contributed by atoms with Crippen LogP contribution in [0.3, 0.4) is 0 Å². The number of benzene rings is 8. The van der Waals surface area contributed by atoms with E-state index >= 15 is 0 Å². The molecule has 1 aromatic heterocycles. The minimum absolute atomic E-state index is 0.172. The SMILES string of the molecule is c1ccc(-c2ccc(N(c3ccc(-c4ccccc4)cc3)c3cccc4sc5c(-c6ccc7c(c6)-c6ccccc6C76CC7CCC8CC7CC6C8)cccc5c34)cc2)cc1. The highest BCUT2D eigenvalue weighted by molar-refractivity contribution is 7.26. The predicted molar refractivity (Wildman–Crippen MR) is 258 cm³/mol. The second kappa shape index (κ2) is 13.9. The van der Waals surface area contributed by atoms with E-state index < -0.39 is 0 Å². The molecule has 4 aliphatic rings. The first-order valence-electron chi connectivity index (χ1n) is 22.5. The zero-order chi connectivity index (χ0) is 40.1. The average molecular weight is 802 g/mol. The number of hydrogen-bond acceptors (Lipinski definition) is 2. The van der Waals surface area contributed by atoms with Crippen LogP contribution in [0.2, 0.25) is 0 Å². The van der Waals surface area contributed by atoms with Crippen LogP contribution in [0.5, 0.6) is 0 Å². The van der Waals surface area contributed by atoms with Crippen molar-refractivity contribution in [1.29, 1.82) is 0 Å². The van der Waals surface area contributed by atoms with Crippen LogP contribution in [0, 0.1) is 23.7 Å². The molecule has 61 heavy (non-hydrogen) atoms. The number of nitrogens with zero attached hydrogens (tertiary/aromatic N) is 1. The topological polar surface area (TPSA) is 3.24 Å². The lowest BCUT2D eigenvalue weighted by Crippen LogP contribution is -2.50. The van der Waals surface area contributed by atoms with Crippen LogP contribution in [0.4, 0.5) is 17.1 Å². The van der Waals surface area contributed by atoms with E-state index in [0.29, 0.717) is 0 Å². The van der Waals surface area contributed by atoms with Crippen LogP contribution in [0.15, 0.2) is 188 Å².